The van der Waals surface area contributed by atoms with Crippen LogP contribution in [0.15, 0.2) is 18.2 Å². The SMILES string of the molecule is COc1ccc(C)cc1C1CC1C(=O)O. The molecule has 3 nitrogen and oxygen atoms in total. The molecule has 15 heavy (non-hydrogen) atoms. The Morgan fingerprint density at radius 1 is 1.53 bits per heavy atom. The van der Waals surface area contributed by atoms with Crippen molar-refractivity contribution in [3.05, 3.63) is 29.3 Å². The van der Waals surface area contributed by atoms with Crippen molar-refractivity contribution in [2.45, 2.75) is 19.3 Å². The number of rotatable bonds is 3. The third kappa shape index (κ3) is 1.82. The fraction of sp³-hybridized carbons (Fsp3) is 0.417. The van der Waals surface area contributed by atoms with Gasteiger partial charge >= 0.3 is 5.97 Å². The Morgan fingerprint density at radius 3 is 2.80 bits per heavy atom. The fourth-order valence-corrected chi connectivity index (χ4v) is 1.96. The molecule has 0 aliphatic heterocycles. The first kappa shape index (κ1) is 10.0. The molecule has 2 unspecified atom stereocenters. The van der Waals surface area contributed by atoms with Crippen LogP contribution in [0.5, 0.6) is 5.75 Å². The van der Waals surface area contributed by atoms with Gasteiger partial charge in [0.15, 0.2) is 0 Å². The molecule has 2 atom stereocenters. The van der Waals surface area contributed by atoms with Crippen LogP contribution in [0.1, 0.15) is 23.5 Å². The molecule has 0 saturated heterocycles. The number of aliphatic carboxylic acids is 1. The summed E-state index contributed by atoms with van der Waals surface area (Å²) in [4.78, 5) is 10.8. The van der Waals surface area contributed by atoms with Crippen LogP contribution in [0.4, 0.5) is 0 Å². The van der Waals surface area contributed by atoms with Gasteiger partial charge in [-0.15, -0.1) is 0 Å². The van der Waals surface area contributed by atoms with E-state index in [1.54, 1.807) is 7.11 Å². The molecular weight excluding hydrogens is 192 g/mol. The first-order valence-electron chi connectivity index (χ1n) is 5.01. The molecule has 1 saturated carbocycles. The lowest BCUT2D eigenvalue weighted by molar-refractivity contribution is -0.138. The second-order valence-corrected chi connectivity index (χ2v) is 4.03. The van der Waals surface area contributed by atoms with Crippen LogP contribution in [0, 0.1) is 12.8 Å². The zero-order valence-corrected chi connectivity index (χ0v) is 8.86. The van der Waals surface area contributed by atoms with E-state index in [9.17, 15) is 4.79 Å². The number of carboxylic acids is 1. The molecule has 0 amide bonds. The van der Waals surface area contributed by atoms with E-state index < -0.39 is 5.97 Å². The second-order valence-electron chi connectivity index (χ2n) is 4.03. The van der Waals surface area contributed by atoms with Crippen LogP contribution in [-0.2, 0) is 4.79 Å². The molecule has 2 rings (SSSR count). The molecule has 0 bridgehead atoms. The third-order valence-electron chi connectivity index (χ3n) is 2.89. The Hall–Kier alpha value is -1.51. The molecule has 0 aromatic heterocycles. The number of ether oxygens (including phenoxy) is 1. The maximum atomic E-state index is 10.8. The van der Waals surface area contributed by atoms with Gasteiger partial charge in [0.2, 0.25) is 0 Å². The maximum Gasteiger partial charge on any atom is 0.307 e. The van der Waals surface area contributed by atoms with Gasteiger partial charge in [0, 0.05) is 5.92 Å². The molecule has 3 heteroatoms. The fourth-order valence-electron chi connectivity index (χ4n) is 1.96. The largest absolute Gasteiger partial charge is 0.496 e. The summed E-state index contributed by atoms with van der Waals surface area (Å²) in [7, 11) is 1.62. The van der Waals surface area contributed by atoms with E-state index in [-0.39, 0.29) is 11.8 Å². The molecule has 1 aliphatic rings. The van der Waals surface area contributed by atoms with Crippen LogP contribution in [0.3, 0.4) is 0 Å². The molecule has 0 heterocycles. The molecule has 1 aromatic carbocycles. The van der Waals surface area contributed by atoms with E-state index in [1.807, 2.05) is 25.1 Å². The molecule has 0 radical (unpaired) electrons. The van der Waals surface area contributed by atoms with E-state index in [4.69, 9.17) is 9.84 Å². The van der Waals surface area contributed by atoms with E-state index in [0.29, 0.717) is 0 Å². The summed E-state index contributed by atoms with van der Waals surface area (Å²) >= 11 is 0. The summed E-state index contributed by atoms with van der Waals surface area (Å²) in [5.74, 6) is 0.0101. The lowest BCUT2D eigenvalue weighted by atomic mass is 10.0. The van der Waals surface area contributed by atoms with E-state index >= 15 is 0 Å². The van der Waals surface area contributed by atoms with Gasteiger partial charge in [-0.3, -0.25) is 4.79 Å². The van der Waals surface area contributed by atoms with Gasteiger partial charge in [0.05, 0.1) is 13.0 Å². The highest BCUT2D eigenvalue weighted by Gasteiger charge is 2.45. The number of benzene rings is 1. The Kier molecular flexibility index (Phi) is 2.39. The highest BCUT2D eigenvalue weighted by Crippen LogP contribution is 2.50. The number of hydrogen-bond acceptors (Lipinski definition) is 2. The summed E-state index contributed by atoms with van der Waals surface area (Å²) in [5, 5.41) is 8.88. The first-order chi connectivity index (χ1) is 7.13. The first-order valence-corrected chi connectivity index (χ1v) is 5.01. The number of aryl methyl sites for hydroxylation is 1. The molecule has 1 aromatic rings. The van der Waals surface area contributed by atoms with Crippen LogP contribution < -0.4 is 4.74 Å². The van der Waals surface area contributed by atoms with Crippen molar-refractivity contribution >= 4 is 5.97 Å². The van der Waals surface area contributed by atoms with Gasteiger partial charge < -0.3 is 9.84 Å². The third-order valence-corrected chi connectivity index (χ3v) is 2.89. The molecule has 80 valence electrons. The Morgan fingerprint density at radius 2 is 2.27 bits per heavy atom. The Labute approximate surface area is 88.7 Å². The van der Waals surface area contributed by atoms with Crippen LogP contribution >= 0.6 is 0 Å². The number of hydrogen-bond donors (Lipinski definition) is 1. The molecule has 1 fully saturated rings. The quantitative estimate of drug-likeness (QED) is 0.824. The smallest absolute Gasteiger partial charge is 0.307 e. The van der Waals surface area contributed by atoms with Crippen LogP contribution in [-0.4, -0.2) is 18.2 Å². The number of carboxylic acid groups (broad SMARTS) is 1. The lowest BCUT2D eigenvalue weighted by Gasteiger charge is -2.08. The standard InChI is InChI=1S/C12H14O3/c1-7-3-4-11(15-2)9(5-7)8-6-10(8)12(13)14/h3-5,8,10H,6H2,1-2H3,(H,13,14). The Bertz CT molecular complexity index is 398. The maximum absolute atomic E-state index is 10.8. The van der Waals surface area contributed by atoms with Crippen molar-refractivity contribution in [2.24, 2.45) is 5.92 Å². The van der Waals surface area contributed by atoms with Gasteiger partial charge in [0.25, 0.3) is 0 Å². The number of carbonyl (C=O) groups is 1. The predicted octanol–water partition coefficient (Wildman–Crippen LogP) is 2.19. The highest BCUT2D eigenvalue weighted by atomic mass is 16.5. The summed E-state index contributed by atoms with van der Waals surface area (Å²) in [6.45, 7) is 2.00. The lowest BCUT2D eigenvalue weighted by Crippen LogP contribution is -2.00. The summed E-state index contributed by atoms with van der Waals surface area (Å²) in [6, 6.07) is 5.90. The van der Waals surface area contributed by atoms with Gasteiger partial charge in [-0.25, -0.2) is 0 Å². The van der Waals surface area contributed by atoms with Crippen molar-refractivity contribution in [3.63, 3.8) is 0 Å². The van der Waals surface area contributed by atoms with Gasteiger partial charge in [0.1, 0.15) is 5.75 Å². The van der Waals surface area contributed by atoms with Crippen LogP contribution in [0.2, 0.25) is 0 Å². The van der Waals surface area contributed by atoms with Crippen molar-refractivity contribution < 1.29 is 14.6 Å². The molecule has 0 spiro atoms. The van der Waals surface area contributed by atoms with Crippen molar-refractivity contribution in [3.8, 4) is 5.75 Å². The predicted molar refractivity (Wildman–Crippen MR) is 56.2 cm³/mol. The van der Waals surface area contributed by atoms with Crippen molar-refractivity contribution in [1.82, 2.24) is 0 Å². The minimum absolute atomic E-state index is 0.136. The van der Waals surface area contributed by atoms with E-state index in [0.717, 1.165) is 23.3 Å². The van der Waals surface area contributed by atoms with Gasteiger partial charge in [-0.05, 0) is 25.0 Å². The second kappa shape index (κ2) is 3.57. The van der Waals surface area contributed by atoms with E-state index in [1.165, 1.54) is 0 Å². The molecule has 1 N–H and O–H groups in total. The zero-order valence-electron chi connectivity index (χ0n) is 8.86. The molecular formula is C12H14O3. The van der Waals surface area contributed by atoms with Gasteiger partial charge in [-0.2, -0.15) is 0 Å². The van der Waals surface area contributed by atoms with Crippen molar-refractivity contribution in [1.29, 1.82) is 0 Å². The summed E-state index contributed by atoms with van der Waals surface area (Å²) in [5.41, 5.74) is 2.17. The minimum atomic E-state index is -0.705. The summed E-state index contributed by atoms with van der Waals surface area (Å²) in [6.07, 6.45) is 0.731. The van der Waals surface area contributed by atoms with E-state index in [2.05, 4.69) is 0 Å². The topological polar surface area (TPSA) is 46.5 Å². The number of methoxy groups -OCH3 is 1. The average Bonchev–Trinajstić information content (AvgIpc) is 2.97. The van der Waals surface area contributed by atoms with Crippen molar-refractivity contribution in [2.75, 3.05) is 7.11 Å². The Balaban J connectivity index is 2.28. The minimum Gasteiger partial charge on any atom is -0.496 e. The van der Waals surface area contributed by atoms with Gasteiger partial charge in [-0.1, -0.05) is 17.7 Å². The monoisotopic (exact) mass is 206 g/mol. The molecule has 1 aliphatic carbocycles. The zero-order chi connectivity index (χ0) is 11.0. The summed E-state index contributed by atoms with van der Waals surface area (Å²) < 4.78 is 5.24. The normalized spacial score (nSPS) is 23.6. The average molecular weight is 206 g/mol. The van der Waals surface area contributed by atoms with Crippen LogP contribution in [0.25, 0.3) is 0 Å². The highest BCUT2D eigenvalue weighted by molar-refractivity contribution is 5.75.